The van der Waals surface area contributed by atoms with Crippen molar-refractivity contribution in [2.24, 2.45) is 0 Å². The van der Waals surface area contributed by atoms with Crippen molar-refractivity contribution in [3.63, 3.8) is 0 Å². The molecule has 0 spiro atoms. The minimum absolute atomic E-state index is 0.683. The standard InChI is InChI=1S/C17H23N3/c1-14-18-12-17(13-19-15-8-4-2-5-9-15)20(14)16-10-6-3-7-11-16/h3,6-7,10-12,15,19H,2,4-5,8-9,13H2,1H3. The van der Waals surface area contributed by atoms with Crippen LogP contribution in [0.15, 0.2) is 36.5 Å². The quantitative estimate of drug-likeness (QED) is 0.919. The van der Waals surface area contributed by atoms with Crippen LogP contribution in [0.3, 0.4) is 0 Å². The van der Waals surface area contributed by atoms with Gasteiger partial charge in [-0.25, -0.2) is 4.98 Å². The molecule has 2 aromatic rings. The number of nitrogens with one attached hydrogen (secondary N) is 1. The Balaban J connectivity index is 1.74. The zero-order chi connectivity index (χ0) is 13.8. The van der Waals surface area contributed by atoms with E-state index in [0.29, 0.717) is 6.04 Å². The van der Waals surface area contributed by atoms with Crippen LogP contribution in [0.5, 0.6) is 0 Å². The molecule has 3 rings (SSSR count). The first-order chi connectivity index (χ1) is 9.84. The molecule has 0 unspecified atom stereocenters. The van der Waals surface area contributed by atoms with E-state index in [1.54, 1.807) is 0 Å². The largest absolute Gasteiger partial charge is 0.308 e. The van der Waals surface area contributed by atoms with E-state index in [1.807, 2.05) is 6.20 Å². The predicted octanol–water partition coefficient (Wildman–Crippen LogP) is 3.60. The molecule has 0 aliphatic heterocycles. The van der Waals surface area contributed by atoms with Gasteiger partial charge in [-0.2, -0.15) is 0 Å². The molecule has 1 aromatic carbocycles. The van der Waals surface area contributed by atoms with Gasteiger partial charge in [0.25, 0.3) is 0 Å². The summed E-state index contributed by atoms with van der Waals surface area (Å²) >= 11 is 0. The summed E-state index contributed by atoms with van der Waals surface area (Å²) in [5.74, 6) is 1.05. The first-order valence-corrected chi connectivity index (χ1v) is 7.66. The Morgan fingerprint density at radius 3 is 2.65 bits per heavy atom. The van der Waals surface area contributed by atoms with Gasteiger partial charge in [0.2, 0.25) is 0 Å². The third-order valence-electron chi connectivity index (χ3n) is 4.20. The highest BCUT2D eigenvalue weighted by Crippen LogP contribution is 2.19. The fourth-order valence-corrected chi connectivity index (χ4v) is 3.10. The normalized spacial score (nSPS) is 16.4. The summed E-state index contributed by atoms with van der Waals surface area (Å²) in [6.45, 7) is 2.97. The van der Waals surface area contributed by atoms with Crippen molar-refractivity contribution < 1.29 is 0 Å². The molecule has 3 heteroatoms. The number of nitrogens with zero attached hydrogens (tertiary/aromatic N) is 2. The third-order valence-corrected chi connectivity index (χ3v) is 4.20. The molecule has 0 radical (unpaired) electrons. The van der Waals surface area contributed by atoms with Crippen molar-refractivity contribution in [1.29, 1.82) is 0 Å². The van der Waals surface area contributed by atoms with E-state index < -0.39 is 0 Å². The third kappa shape index (κ3) is 2.93. The van der Waals surface area contributed by atoms with Crippen molar-refractivity contribution in [2.75, 3.05) is 0 Å². The Bertz CT molecular complexity index is 539. The SMILES string of the molecule is Cc1ncc(CNC2CCCCC2)n1-c1ccccc1. The average molecular weight is 269 g/mol. The summed E-state index contributed by atoms with van der Waals surface area (Å²) in [7, 11) is 0. The molecule has 1 aromatic heterocycles. The Morgan fingerprint density at radius 2 is 1.90 bits per heavy atom. The van der Waals surface area contributed by atoms with Crippen LogP contribution in [0.1, 0.15) is 43.6 Å². The first kappa shape index (κ1) is 13.4. The van der Waals surface area contributed by atoms with Gasteiger partial charge in [0.15, 0.2) is 0 Å². The molecule has 0 amide bonds. The Kier molecular flexibility index (Phi) is 4.16. The highest BCUT2D eigenvalue weighted by Gasteiger charge is 2.14. The second-order valence-corrected chi connectivity index (χ2v) is 5.68. The number of benzene rings is 1. The number of para-hydroxylation sites is 1. The molecule has 1 saturated carbocycles. The van der Waals surface area contributed by atoms with E-state index >= 15 is 0 Å². The molecule has 1 aliphatic rings. The molecule has 0 bridgehead atoms. The van der Waals surface area contributed by atoms with Crippen LogP contribution >= 0.6 is 0 Å². The van der Waals surface area contributed by atoms with E-state index in [9.17, 15) is 0 Å². The second kappa shape index (κ2) is 6.23. The summed E-state index contributed by atoms with van der Waals surface area (Å²) in [5.41, 5.74) is 2.45. The van der Waals surface area contributed by atoms with Gasteiger partial charge in [-0.3, -0.25) is 4.57 Å². The maximum absolute atomic E-state index is 4.48. The van der Waals surface area contributed by atoms with Crippen molar-refractivity contribution in [2.45, 2.75) is 51.6 Å². The lowest BCUT2D eigenvalue weighted by Gasteiger charge is -2.23. The fourth-order valence-electron chi connectivity index (χ4n) is 3.10. The van der Waals surface area contributed by atoms with Crippen molar-refractivity contribution in [1.82, 2.24) is 14.9 Å². The number of hydrogen-bond donors (Lipinski definition) is 1. The highest BCUT2D eigenvalue weighted by molar-refractivity contribution is 5.35. The van der Waals surface area contributed by atoms with E-state index in [-0.39, 0.29) is 0 Å². The predicted molar refractivity (Wildman–Crippen MR) is 82.0 cm³/mol. The maximum Gasteiger partial charge on any atom is 0.110 e. The van der Waals surface area contributed by atoms with Crippen LogP contribution in [0, 0.1) is 6.92 Å². The first-order valence-electron chi connectivity index (χ1n) is 7.66. The van der Waals surface area contributed by atoms with Crippen LogP contribution in [0.4, 0.5) is 0 Å². The molecule has 1 fully saturated rings. The Morgan fingerprint density at radius 1 is 1.15 bits per heavy atom. The Labute approximate surface area is 121 Å². The molecule has 106 valence electrons. The minimum Gasteiger partial charge on any atom is -0.308 e. The summed E-state index contributed by atoms with van der Waals surface area (Å²) in [5, 5.41) is 3.70. The number of aryl methyl sites for hydroxylation is 1. The summed E-state index contributed by atoms with van der Waals surface area (Å²) in [6.07, 6.45) is 8.78. The number of imidazole rings is 1. The molecular formula is C17H23N3. The topological polar surface area (TPSA) is 29.9 Å². The average Bonchev–Trinajstić information content (AvgIpc) is 2.88. The zero-order valence-electron chi connectivity index (χ0n) is 12.2. The fraction of sp³-hybridized carbons (Fsp3) is 0.471. The van der Waals surface area contributed by atoms with Gasteiger partial charge in [0, 0.05) is 18.3 Å². The van der Waals surface area contributed by atoms with Gasteiger partial charge in [-0.1, -0.05) is 37.5 Å². The lowest BCUT2D eigenvalue weighted by molar-refractivity contribution is 0.370. The van der Waals surface area contributed by atoms with Gasteiger partial charge in [0.1, 0.15) is 5.82 Å². The monoisotopic (exact) mass is 269 g/mol. The second-order valence-electron chi connectivity index (χ2n) is 5.68. The number of aromatic nitrogens is 2. The number of hydrogen-bond acceptors (Lipinski definition) is 2. The summed E-state index contributed by atoms with van der Waals surface area (Å²) in [4.78, 5) is 4.48. The van der Waals surface area contributed by atoms with Crippen LogP contribution in [0.25, 0.3) is 5.69 Å². The zero-order valence-corrected chi connectivity index (χ0v) is 12.2. The van der Waals surface area contributed by atoms with Crippen LogP contribution in [-0.2, 0) is 6.54 Å². The maximum atomic E-state index is 4.48. The Hall–Kier alpha value is -1.61. The van der Waals surface area contributed by atoms with Crippen LogP contribution in [0.2, 0.25) is 0 Å². The van der Waals surface area contributed by atoms with E-state index in [0.717, 1.165) is 12.4 Å². The molecule has 0 saturated heterocycles. The van der Waals surface area contributed by atoms with E-state index in [2.05, 4.69) is 52.1 Å². The summed E-state index contributed by atoms with van der Waals surface area (Å²) in [6, 6.07) is 11.2. The van der Waals surface area contributed by atoms with Crippen molar-refractivity contribution >= 4 is 0 Å². The van der Waals surface area contributed by atoms with Gasteiger partial charge >= 0.3 is 0 Å². The van der Waals surface area contributed by atoms with E-state index in [4.69, 9.17) is 0 Å². The van der Waals surface area contributed by atoms with Crippen molar-refractivity contribution in [3.05, 3.63) is 48.0 Å². The van der Waals surface area contributed by atoms with Crippen LogP contribution < -0.4 is 5.32 Å². The van der Waals surface area contributed by atoms with Gasteiger partial charge in [-0.05, 0) is 31.9 Å². The van der Waals surface area contributed by atoms with Gasteiger partial charge in [-0.15, -0.1) is 0 Å². The van der Waals surface area contributed by atoms with Crippen LogP contribution in [-0.4, -0.2) is 15.6 Å². The molecule has 0 atom stereocenters. The lowest BCUT2D eigenvalue weighted by Crippen LogP contribution is -2.31. The highest BCUT2D eigenvalue weighted by atomic mass is 15.1. The number of rotatable bonds is 4. The van der Waals surface area contributed by atoms with Gasteiger partial charge in [0.05, 0.1) is 11.9 Å². The van der Waals surface area contributed by atoms with Gasteiger partial charge < -0.3 is 5.32 Å². The molecule has 1 N–H and O–H groups in total. The summed E-state index contributed by atoms with van der Waals surface area (Å²) < 4.78 is 2.25. The molecular weight excluding hydrogens is 246 g/mol. The molecule has 20 heavy (non-hydrogen) atoms. The lowest BCUT2D eigenvalue weighted by atomic mass is 9.95. The molecule has 1 aliphatic carbocycles. The molecule has 3 nitrogen and oxygen atoms in total. The smallest absolute Gasteiger partial charge is 0.110 e. The van der Waals surface area contributed by atoms with E-state index in [1.165, 1.54) is 43.5 Å². The molecule has 1 heterocycles. The van der Waals surface area contributed by atoms with Crippen molar-refractivity contribution in [3.8, 4) is 5.69 Å². The minimum atomic E-state index is 0.683.